The topological polar surface area (TPSA) is 101 Å². The molecule has 0 fully saturated rings. The summed E-state index contributed by atoms with van der Waals surface area (Å²) in [4.78, 5) is 17.7. The van der Waals surface area contributed by atoms with E-state index in [0.29, 0.717) is 12.8 Å². The quantitative estimate of drug-likeness (QED) is 0.467. The van der Waals surface area contributed by atoms with Gasteiger partial charge >= 0.3 is 5.69 Å². The van der Waals surface area contributed by atoms with Crippen molar-refractivity contribution in [3.05, 3.63) is 21.6 Å². The molecule has 8 heteroatoms. The lowest BCUT2D eigenvalue weighted by Gasteiger charge is -2.29. The van der Waals surface area contributed by atoms with Crippen LogP contribution in [-0.2, 0) is 0 Å². The number of aliphatic hydroxyl groups is 1. The van der Waals surface area contributed by atoms with Gasteiger partial charge < -0.3 is 10.4 Å². The second-order valence-electron chi connectivity index (χ2n) is 4.14. The van der Waals surface area contributed by atoms with E-state index in [-0.39, 0.29) is 23.4 Å². The van der Waals surface area contributed by atoms with Gasteiger partial charge in [0.05, 0.1) is 4.92 Å². The van der Waals surface area contributed by atoms with Crippen molar-refractivity contribution in [2.75, 3.05) is 11.9 Å². The number of hydrogen-bond donors (Lipinski definition) is 2. The Morgan fingerprint density at radius 3 is 2.83 bits per heavy atom. The van der Waals surface area contributed by atoms with Gasteiger partial charge in [-0.2, -0.15) is 4.98 Å². The van der Waals surface area contributed by atoms with Crippen molar-refractivity contribution < 1.29 is 10.0 Å². The van der Waals surface area contributed by atoms with Gasteiger partial charge in [-0.25, -0.2) is 4.98 Å². The first kappa shape index (κ1) is 14.6. The minimum Gasteiger partial charge on any atom is -0.396 e. The highest BCUT2D eigenvalue weighted by atomic mass is 35.5. The van der Waals surface area contributed by atoms with E-state index in [1.807, 2.05) is 13.8 Å². The highest BCUT2D eigenvalue weighted by Gasteiger charge is 2.26. The lowest BCUT2D eigenvalue weighted by molar-refractivity contribution is -0.384. The Kier molecular flexibility index (Phi) is 4.80. The Hall–Kier alpha value is -1.47. The monoisotopic (exact) mass is 274 g/mol. The van der Waals surface area contributed by atoms with Crippen LogP contribution in [0.5, 0.6) is 0 Å². The fraction of sp³-hybridized carbons (Fsp3) is 0.600. The smallest absolute Gasteiger partial charge is 0.329 e. The minimum atomic E-state index is -0.576. The summed E-state index contributed by atoms with van der Waals surface area (Å²) in [7, 11) is 0. The summed E-state index contributed by atoms with van der Waals surface area (Å²) in [6.45, 7) is 3.74. The Morgan fingerprint density at radius 1 is 1.67 bits per heavy atom. The molecule has 0 aromatic carbocycles. The second-order valence-corrected chi connectivity index (χ2v) is 4.48. The Labute approximate surface area is 109 Å². The first-order valence-electron chi connectivity index (χ1n) is 5.48. The van der Waals surface area contributed by atoms with Crippen LogP contribution >= 0.6 is 11.6 Å². The van der Waals surface area contributed by atoms with E-state index in [0.717, 1.165) is 6.20 Å². The highest BCUT2D eigenvalue weighted by molar-refractivity contribution is 6.28. The number of aromatic nitrogens is 2. The van der Waals surface area contributed by atoms with Crippen molar-refractivity contribution in [3.8, 4) is 0 Å². The van der Waals surface area contributed by atoms with Crippen molar-refractivity contribution >= 4 is 23.1 Å². The molecule has 0 saturated carbocycles. The maximum absolute atomic E-state index is 10.9. The molecule has 0 radical (unpaired) electrons. The van der Waals surface area contributed by atoms with E-state index in [2.05, 4.69) is 15.3 Å². The SMILES string of the molecule is CCC(C)(CCO)Nc1nc(Cl)ncc1[N+](=O)[O-]. The molecule has 0 amide bonds. The van der Waals surface area contributed by atoms with Crippen LogP contribution in [-0.4, -0.2) is 32.1 Å². The number of nitrogens with zero attached hydrogens (tertiary/aromatic N) is 3. The number of hydrogen-bond acceptors (Lipinski definition) is 6. The zero-order chi connectivity index (χ0) is 13.8. The van der Waals surface area contributed by atoms with Crippen LogP contribution in [0.1, 0.15) is 26.7 Å². The summed E-state index contributed by atoms with van der Waals surface area (Å²) in [6, 6.07) is 0. The average Bonchev–Trinajstić information content (AvgIpc) is 2.29. The highest BCUT2D eigenvalue weighted by Crippen LogP contribution is 2.27. The number of halogens is 1. The van der Waals surface area contributed by atoms with Gasteiger partial charge in [-0.1, -0.05) is 6.92 Å². The van der Waals surface area contributed by atoms with E-state index in [1.165, 1.54) is 0 Å². The molecular formula is C10H15ClN4O3. The van der Waals surface area contributed by atoms with Crippen LogP contribution in [0.15, 0.2) is 6.20 Å². The zero-order valence-electron chi connectivity index (χ0n) is 10.2. The zero-order valence-corrected chi connectivity index (χ0v) is 10.9. The Bertz CT molecular complexity index is 443. The summed E-state index contributed by atoms with van der Waals surface area (Å²) in [5.41, 5.74) is -0.728. The molecule has 0 aliphatic carbocycles. The molecule has 1 aromatic heterocycles. The maximum Gasteiger partial charge on any atom is 0.329 e. The molecule has 0 aliphatic heterocycles. The van der Waals surface area contributed by atoms with Crippen molar-refractivity contribution in [1.29, 1.82) is 0 Å². The summed E-state index contributed by atoms with van der Waals surface area (Å²) in [5, 5.41) is 22.8. The molecule has 0 aliphatic rings. The predicted octanol–water partition coefficient (Wildman–Crippen LogP) is 2.00. The molecule has 1 atom stereocenters. The third-order valence-corrected chi connectivity index (χ3v) is 2.98. The number of nitrogens with one attached hydrogen (secondary N) is 1. The molecular weight excluding hydrogens is 260 g/mol. The molecule has 18 heavy (non-hydrogen) atoms. The van der Waals surface area contributed by atoms with E-state index in [4.69, 9.17) is 16.7 Å². The largest absolute Gasteiger partial charge is 0.396 e. The molecule has 2 N–H and O–H groups in total. The fourth-order valence-corrected chi connectivity index (χ4v) is 1.57. The second kappa shape index (κ2) is 5.92. The fourth-order valence-electron chi connectivity index (χ4n) is 1.44. The first-order valence-corrected chi connectivity index (χ1v) is 5.85. The Morgan fingerprint density at radius 2 is 2.33 bits per heavy atom. The van der Waals surface area contributed by atoms with Crippen LogP contribution < -0.4 is 5.32 Å². The van der Waals surface area contributed by atoms with Crippen molar-refractivity contribution in [1.82, 2.24) is 9.97 Å². The summed E-state index contributed by atoms with van der Waals surface area (Å²) in [6.07, 6.45) is 2.18. The van der Waals surface area contributed by atoms with Gasteiger partial charge in [0.25, 0.3) is 0 Å². The maximum atomic E-state index is 10.9. The number of aliphatic hydroxyl groups excluding tert-OH is 1. The third kappa shape index (κ3) is 3.51. The molecule has 7 nitrogen and oxygen atoms in total. The van der Waals surface area contributed by atoms with E-state index in [1.54, 1.807) is 0 Å². The lowest BCUT2D eigenvalue weighted by Crippen LogP contribution is -2.35. The van der Waals surface area contributed by atoms with Gasteiger partial charge in [0.15, 0.2) is 0 Å². The number of rotatable bonds is 6. The van der Waals surface area contributed by atoms with Crippen molar-refractivity contribution in [3.63, 3.8) is 0 Å². The van der Waals surface area contributed by atoms with Crippen LogP contribution in [0.4, 0.5) is 11.5 Å². The first-order chi connectivity index (χ1) is 8.41. The standard InChI is InChI=1S/C10H15ClN4O3/c1-3-10(2,4-5-16)14-8-7(15(17)18)6-12-9(11)13-8/h6,16H,3-5H2,1-2H3,(H,12,13,14). The molecule has 1 aromatic rings. The van der Waals surface area contributed by atoms with Gasteiger partial charge in [0.1, 0.15) is 6.20 Å². The molecule has 100 valence electrons. The van der Waals surface area contributed by atoms with E-state index >= 15 is 0 Å². The minimum absolute atomic E-state index is 0.0239. The van der Waals surface area contributed by atoms with Crippen molar-refractivity contribution in [2.24, 2.45) is 0 Å². The Balaban J connectivity index is 3.08. The molecule has 0 bridgehead atoms. The molecule has 1 unspecified atom stereocenters. The van der Waals surface area contributed by atoms with Crippen LogP contribution in [0, 0.1) is 10.1 Å². The van der Waals surface area contributed by atoms with Crippen molar-refractivity contribution in [2.45, 2.75) is 32.2 Å². The van der Waals surface area contributed by atoms with Gasteiger partial charge in [-0.15, -0.1) is 0 Å². The van der Waals surface area contributed by atoms with E-state index < -0.39 is 10.5 Å². The van der Waals surface area contributed by atoms with Gasteiger partial charge in [0.2, 0.25) is 11.1 Å². The number of nitro groups is 1. The van der Waals surface area contributed by atoms with E-state index in [9.17, 15) is 10.1 Å². The molecule has 1 heterocycles. The molecule has 0 saturated heterocycles. The third-order valence-electron chi connectivity index (χ3n) is 2.80. The van der Waals surface area contributed by atoms with Crippen LogP contribution in [0.2, 0.25) is 5.28 Å². The van der Waals surface area contributed by atoms with Crippen LogP contribution in [0.25, 0.3) is 0 Å². The molecule has 0 spiro atoms. The van der Waals surface area contributed by atoms with Gasteiger partial charge in [0, 0.05) is 12.1 Å². The normalized spacial score (nSPS) is 14.0. The van der Waals surface area contributed by atoms with Gasteiger partial charge in [-0.3, -0.25) is 10.1 Å². The van der Waals surface area contributed by atoms with Gasteiger partial charge in [-0.05, 0) is 31.4 Å². The number of anilines is 1. The summed E-state index contributed by atoms with van der Waals surface area (Å²) in [5.74, 6) is 0.0674. The average molecular weight is 275 g/mol. The summed E-state index contributed by atoms with van der Waals surface area (Å²) >= 11 is 5.64. The summed E-state index contributed by atoms with van der Waals surface area (Å²) < 4.78 is 0. The predicted molar refractivity (Wildman–Crippen MR) is 67.7 cm³/mol. The lowest BCUT2D eigenvalue weighted by atomic mass is 9.95. The molecule has 1 rings (SSSR count). The van der Waals surface area contributed by atoms with Crippen LogP contribution in [0.3, 0.4) is 0 Å².